The second kappa shape index (κ2) is 2.47. The van der Waals surface area contributed by atoms with E-state index in [1.54, 1.807) is 6.26 Å². The molecule has 1 aromatic heterocycles. The predicted octanol–water partition coefficient (Wildman–Crippen LogP) is 2.35. The minimum atomic E-state index is 0.142. The first-order valence-corrected chi connectivity index (χ1v) is 4.31. The molecule has 2 heteroatoms. The van der Waals surface area contributed by atoms with Crippen LogP contribution in [0.25, 0.3) is 0 Å². The smallest absolute Gasteiger partial charge is 0.201 e. The molecule has 0 saturated carbocycles. The summed E-state index contributed by atoms with van der Waals surface area (Å²) in [6.07, 6.45) is 3.64. The van der Waals surface area contributed by atoms with Gasteiger partial charge < -0.3 is 4.42 Å². The molecular weight excluding hydrogens is 152 g/mol. The number of carbonyl (C=O) groups is 1. The molecule has 12 heavy (non-hydrogen) atoms. The zero-order chi connectivity index (χ0) is 8.72. The van der Waals surface area contributed by atoms with Crippen LogP contribution in [0.15, 0.2) is 10.7 Å². The van der Waals surface area contributed by atoms with Crippen molar-refractivity contribution < 1.29 is 9.21 Å². The van der Waals surface area contributed by atoms with Crippen molar-refractivity contribution in [2.45, 2.75) is 26.7 Å². The number of hydrogen-bond donors (Lipinski definition) is 0. The van der Waals surface area contributed by atoms with E-state index < -0.39 is 0 Å². The highest BCUT2D eigenvalue weighted by atomic mass is 16.3. The largest absolute Gasteiger partial charge is 0.461 e. The van der Waals surface area contributed by atoms with Crippen LogP contribution in [0.2, 0.25) is 0 Å². The molecule has 0 unspecified atom stereocenters. The lowest BCUT2D eigenvalue weighted by Gasteiger charge is -2.15. The summed E-state index contributed by atoms with van der Waals surface area (Å²) in [6.45, 7) is 3.95. The molecular formula is C10H12O2. The van der Waals surface area contributed by atoms with Gasteiger partial charge in [0, 0.05) is 11.5 Å². The topological polar surface area (TPSA) is 30.2 Å². The third-order valence-corrected chi connectivity index (χ3v) is 2.60. The molecule has 64 valence electrons. The van der Waals surface area contributed by atoms with E-state index in [0.29, 0.717) is 5.76 Å². The molecule has 0 radical (unpaired) electrons. The summed E-state index contributed by atoms with van der Waals surface area (Å²) in [4.78, 5) is 11.5. The molecule has 1 atom stereocenters. The van der Waals surface area contributed by atoms with Crippen LogP contribution >= 0.6 is 0 Å². The molecule has 1 aromatic rings. The quantitative estimate of drug-likeness (QED) is 0.589. The van der Waals surface area contributed by atoms with Crippen LogP contribution in [-0.2, 0) is 6.42 Å². The van der Waals surface area contributed by atoms with E-state index in [9.17, 15) is 4.79 Å². The Morgan fingerprint density at radius 1 is 1.58 bits per heavy atom. The number of furan rings is 1. The third-order valence-electron chi connectivity index (χ3n) is 2.60. The van der Waals surface area contributed by atoms with Crippen molar-refractivity contribution in [3.8, 4) is 0 Å². The zero-order valence-electron chi connectivity index (χ0n) is 7.39. The molecule has 0 fully saturated rings. The monoisotopic (exact) mass is 164 g/mol. The van der Waals surface area contributed by atoms with Gasteiger partial charge in [0.2, 0.25) is 5.78 Å². The molecule has 0 spiro atoms. The lowest BCUT2D eigenvalue weighted by atomic mass is 9.87. The number of rotatable bonds is 0. The number of ketones is 1. The summed E-state index contributed by atoms with van der Waals surface area (Å²) in [5, 5.41) is 0. The minimum Gasteiger partial charge on any atom is -0.461 e. The van der Waals surface area contributed by atoms with Crippen LogP contribution in [0.3, 0.4) is 0 Å². The maximum atomic E-state index is 11.5. The summed E-state index contributed by atoms with van der Waals surface area (Å²) >= 11 is 0. The fourth-order valence-electron chi connectivity index (χ4n) is 1.70. The Kier molecular flexibility index (Phi) is 1.56. The normalized spacial score (nSPS) is 22.5. The molecule has 1 heterocycles. The zero-order valence-corrected chi connectivity index (χ0v) is 7.39. The summed E-state index contributed by atoms with van der Waals surface area (Å²) in [5.41, 5.74) is 2.24. The van der Waals surface area contributed by atoms with E-state index in [2.05, 4.69) is 0 Å². The van der Waals surface area contributed by atoms with Crippen molar-refractivity contribution in [1.82, 2.24) is 0 Å². The summed E-state index contributed by atoms with van der Waals surface area (Å²) in [7, 11) is 0. The van der Waals surface area contributed by atoms with Crippen molar-refractivity contribution in [3.05, 3.63) is 23.2 Å². The SMILES string of the molecule is Cc1coc2c1CC[C@@H](C)C2=O. The Morgan fingerprint density at radius 2 is 2.33 bits per heavy atom. The Labute approximate surface area is 71.6 Å². The van der Waals surface area contributed by atoms with E-state index in [-0.39, 0.29) is 11.7 Å². The van der Waals surface area contributed by atoms with Crippen molar-refractivity contribution in [1.29, 1.82) is 0 Å². The fraction of sp³-hybridized carbons (Fsp3) is 0.500. The van der Waals surface area contributed by atoms with Gasteiger partial charge in [0.05, 0.1) is 6.26 Å². The van der Waals surface area contributed by atoms with E-state index >= 15 is 0 Å². The predicted molar refractivity (Wildman–Crippen MR) is 45.3 cm³/mol. The van der Waals surface area contributed by atoms with E-state index in [4.69, 9.17) is 4.42 Å². The first-order chi connectivity index (χ1) is 5.70. The van der Waals surface area contributed by atoms with Gasteiger partial charge in [-0.05, 0) is 25.3 Å². The van der Waals surface area contributed by atoms with Gasteiger partial charge in [-0.15, -0.1) is 0 Å². The second-order valence-electron chi connectivity index (χ2n) is 3.53. The van der Waals surface area contributed by atoms with Gasteiger partial charge in [0.15, 0.2) is 5.76 Å². The van der Waals surface area contributed by atoms with E-state index in [1.807, 2.05) is 13.8 Å². The molecule has 0 bridgehead atoms. The van der Waals surface area contributed by atoms with Crippen molar-refractivity contribution in [2.24, 2.45) is 5.92 Å². The van der Waals surface area contributed by atoms with Crippen LogP contribution in [-0.4, -0.2) is 5.78 Å². The number of fused-ring (bicyclic) bond motifs is 1. The Hall–Kier alpha value is -1.05. The summed E-state index contributed by atoms with van der Waals surface area (Å²) < 4.78 is 5.22. The van der Waals surface area contributed by atoms with Gasteiger partial charge in [0.25, 0.3) is 0 Å². The Bertz CT molecular complexity index is 323. The highest BCUT2D eigenvalue weighted by Crippen LogP contribution is 2.28. The first kappa shape index (κ1) is 7.59. The number of hydrogen-bond acceptors (Lipinski definition) is 2. The van der Waals surface area contributed by atoms with Gasteiger partial charge in [-0.3, -0.25) is 4.79 Å². The Morgan fingerprint density at radius 3 is 3.08 bits per heavy atom. The van der Waals surface area contributed by atoms with E-state index in [1.165, 1.54) is 0 Å². The van der Waals surface area contributed by atoms with Crippen molar-refractivity contribution >= 4 is 5.78 Å². The molecule has 1 aliphatic rings. The first-order valence-electron chi connectivity index (χ1n) is 4.31. The van der Waals surface area contributed by atoms with Crippen LogP contribution in [0.5, 0.6) is 0 Å². The van der Waals surface area contributed by atoms with Gasteiger partial charge >= 0.3 is 0 Å². The third kappa shape index (κ3) is 0.909. The van der Waals surface area contributed by atoms with Gasteiger partial charge in [-0.25, -0.2) is 0 Å². The number of aryl methyl sites for hydroxylation is 1. The second-order valence-corrected chi connectivity index (χ2v) is 3.53. The summed E-state index contributed by atoms with van der Waals surface area (Å²) in [5.74, 6) is 0.915. The minimum absolute atomic E-state index is 0.142. The highest BCUT2D eigenvalue weighted by molar-refractivity contribution is 5.97. The standard InChI is InChI=1S/C10H12O2/c1-6-3-4-8-7(2)5-12-10(8)9(6)11/h5-6H,3-4H2,1-2H3/t6-/m1/s1. The molecule has 0 aliphatic heterocycles. The van der Waals surface area contributed by atoms with Crippen molar-refractivity contribution in [3.63, 3.8) is 0 Å². The molecule has 0 aromatic carbocycles. The Balaban J connectivity index is 2.50. The molecule has 0 N–H and O–H groups in total. The fourth-order valence-corrected chi connectivity index (χ4v) is 1.70. The van der Waals surface area contributed by atoms with Gasteiger partial charge in [-0.2, -0.15) is 0 Å². The molecule has 2 nitrogen and oxygen atoms in total. The lowest BCUT2D eigenvalue weighted by molar-refractivity contribution is 0.0883. The van der Waals surface area contributed by atoms with Crippen LogP contribution in [0.4, 0.5) is 0 Å². The molecule has 0 amide bonds. The number of carbonyl (C=O) groups excluding carboxylic acids is 1. The van der Waals surface area contributed by atoms with Crippen molar-refractivity contribution in [2.75, 3.05) is 0 Å². The lowest BCUT2D eigenvalue weighted by Crippen LogP contribution is -2.18. The average molecular weight is 164 g/mol. The molecule has 1 aliphatic carbocycles. The highest BCUT2D eigenvalue weighted by Gasteiger charge is 2.27. The molecule has 2 rings (SSSR count). The summed E-state index contributed by atoms with van der Waals surface area (Å²) in [6, 6.07) is 0. The average Bonchev–Trinajstić information content (AvgIpc) is 2.41. The number of Topliss-reactive ketones (excluding diaryl/α,β-unsaturated/α-hetero) is 1. The van der Waals surface area contributed by atoms with Crippen LogP contribution in [0.1, 0.15) is 35.0 Å². The van der Waals surface area contributed by atoms with Gasteiger partial charge in [-0.1, -0.05) is 6.92 Å². The molecule has 0 saturated heterocycles. The maximum absolute atomic E-state index is 11.5. The van der Waals surface area contributed by atoms with Gasteiger partial charge in [0.1, 0.15) is 0 Å². The maximum Gasteiger partial charge on any atom is 0.201 e. The van der Waals surface area contributed by atoms with E-state index in [0.717, 1.165) is 24.0 Å². The van der Waals surface area contributed by atoms with Crippen LogP contribution < -0.4 is 0 Å². The van der Waals surface area contributed by atoms with Crippen LogP contribution in [0, 0.1) is 12.8 Å².